The maximum atomic E-state index is 6.11. The lowest BCUT2D eigenvalue weighted by Crippen LogP contribution is -2.12. The number of aromatic nitrogens is 3. The summed E-state index contributed by atoms with van der Waals surface area (Å²) in [5.41, 5.74) is 9.79. The van der Waals surface area contributed by atoms with Crippen molar-refractivity contribution in [3.8, 4) is 5.75 Å². The number of ether oxygens (including phenoxy) is 1. The second kappa shape index (κ2) is 6.41. The summed E-state index contributed by atoms with van der Waals surface area (Å²) in [4.78, 5) is 9.20. The fraction of sp³-hybridized carbons (Fsp3) is 0.158. The lowest BCUT2D eigenvalue weighted by molar-refractivity contribution is 0.419. The fourth-order valence-electron chi connectivity index (χ4n) is 2.96. The van der Waals surface area contributed by atoms with E-state index in [-0.39, 0.29) is 0 Å². The summed E-state index contributed by atoms with van der Waals surface area (Å²) in [5.74, 6) is 1.09. The SMILES string of the molecule is COc1cccc2c1nc(N)n1cc(CNCc3ccccc3)nc21. The number of nitrogens with one attached hydrogen (secondary N) is 1. The monoisotopic (exact) mass is 333 g/mol. The first-order valence-corrected chi connectivity index (χ1v) is 8.11. The Morgan fingerprint density at radius 3 is 2.68 bits per heavy atom. The van der Waals surface area contributed by atoms with Gasteiger partial charge in [0.25, 0.3) is 0 Å². The van der Waals surface area contributed by atoms with Crippen LogP contribution in [0.15, 0.2) is 54.7 Å². The van der Waals surface area contributed by atoms with Crippen molar-refractivity contribution >= 4 is 22.5 Å². The molecule has 126 valence electrons. The van der Waals surface area contributed by atoms with E-state index in [9.17, 15) is 0 Å². The van der Waals surface area contributed by atoms with Gasteiger partial charge >= 0.3 is 0 Å². The van der Waals surface area contributed by atoms with Crippen molar-refractivity contribution in [3.05, 3.63) is 66.0 Å². The Morgan fingerprint density at radius 1 is 1.04 bits per heavy atom. The highest BCUT2D eigenvalue weighted by Gasteiger charge is 2.12. The fourth-order valence-corrected chi connectivity index (χ4v) is 2.96. The van der Waals surface area contributed by atoms with E-state index in [4.69, 9.17) is 15.5 Å². The Morgan fingerprint density at radius 2 is 1.88 bits per heavy atom. The molecule has 2 heterocycles. The third kappa shape index (κ3) is 2.88. The van der Waals surface area contributed by atoms with Crippen molar-refractivity contribution in [3.63, 3.8) is 0 Å². The highest BCUT2D eigenvalue weighted by Crippen LogP contribution is 2.28. The van der Waals surface area contributed by atoms with Crippen molar-refractivity contribution in [2.45, 2.75) is 13.1 Å². The molecule has 4 aromatic rings. The molecule has 0 amide bonds. The standard InChI is InChI=1S/C19H19N5O/c1-25-16-9-5-8-15-17(16)23-19(20)24-12-14(22-18(15)24)11-21-10-13-6-3-2-4-7-13/h2-9,12,21H,10-11H2,1H3,(H2,20,23). The number of rotatable bonds is 5. The van der Waals surface area contributed by atoms with Crippen LogP contribution < -0.4 is 15.8 Å². The van der Waals surface area contributed by atoms with Crippen molar-refractivity contribution in [1.29, 1.82) is 0 Å². The van der Waals surface area contributed by atoms with Gasteiger partial charge in [-0.1, -0.05) is 36.4 Å². The van der Waals surface area contributed by atoms with Gasteiger partial charge in [-0.05, 0) is 17.7 Å². The predicted octanol–water partition coefficient (Wildman–Crippen LogP) is 2.76. The van der Waals surface area contributed by atoms with Crippen LogP contribution in [-0.2, 0) is 13.1 Å². The summed E-state index contributed by atoms with van der Waals surface area (Å²) in [6.45, 7) is 1.44. The third-order valence-electron chi connectivity index (χ3n) is 4.17. The minimum Gasteiger partial charge on any atom is -0.494 e. The lowest BCUT2D eigenvalue weighted by Gasteiger charge is -2.07. The van der Waals surface area contributed by atoms with Crippen molar-refractivity contribution in [2.24, 2.45) is 0 Å². The quantitative estimate of drug-likeness (QED) is 0.587. The van der Waals surface area contributed by atoms with E-state index in [0.29, 0.717) is 18.2 Å². The maximum absolute atomic E-state index is 6.11. The van der Waals surface area contributed by atoms with E-state index in [0.717, 1.165) is 28.8 Å². The molecule has 0 bridgehead atoms. The normalized spacial score (nSPS) is 11.2. The number of para-hydroxylation sites is 1. The van der Waals surface area contributed by atoms with Crippen LogP contribution in [0.5, 0.6) is 5.75 Å². The van der Waals surface area contributed by atoms with E-state index in [1.165, 1.54) is 5.56 Å². The topological polar surface area (TPSA) is 77.5 Å². The second-order valence-electron chi connectivity index (χ2n) is 5.84. The van der Waals surface area contributed by atoms with Crippen LogP contribution in [0.1, 0.15) is 11.3 Å². The first-order valence-electron chi connectivity index (χ1n) is 8.11. The van der Waals surface area contributed by atoms with E-state index in [1.807, 2.05) is 47.0 Å². The number of hydrogen-bond acceptors (Lipinski definition) is 5. The molecule has 4 rings (SSSR count). The number of nitrogen functional groups attached to an aromatic ring is 1. The molecule has 25 heavy (non-hydrogen) atoms. The van der Waals surface area contributed by atoms with E-state index in [2.05, 4.69) is 22.4 Å². The summed E-state index contributed by atoms with van der Waals surface area (Å²) in [5, 5.41) is 4.33. The van der Waals surface area contributed by atoms with Gasteiger partial charge in [0.15, 0.2) is 0 Å². The van der Waals surface area contributed by atoms with Gasteiger partial charge in [-0.25, -0.2) is 9.97 Å². The largest absolute Gasteiger partial charge is 0.494 e. The van der Waals surface area contributed by atoms with Gasteiger partial charge in [0.05, 0.1) is 12.8 Å². The predicted molar refractivity (Wildman–Crippen MR) is 98.4 cm³/mol. The summed E-state index contributed by atoms with van der Waals surface area (Å²) < 4.78 is 7.21. The molecule has 0 fully saturated rings. The molecule has 3 N–H and O–H groups in total. The van der Waals surface area contributed by atoms with Crippen molar-refractivity contribution < 1.29 is 4.74 Å². The summed E-state index contributed by atoms with van der Waals surface area (Å²) >= 11 is 0. The first kappa shape index (κ1) is 15.4. The first-order chi connectivity index (χ1) is 12.3. The van der Waals surface area contributed by atoms with Gasteiger partial charge in [-0.2, -0.15) is 0 Å². The molecule has 0 saturated carbocycles. The molecule has 2 aromatic heterocycles. The third-order valence-corrected chi connectivity index (χ3v) is 4.17. The molecule has 0 radical (unpaired) electrons. The highest BCUT2D eigenvalue weighted by molar-refractivity contribution is 5.96. The van der Waals surface area contributed by atoms with Crippen LogP contribution in [0.2, 0.25) is 0 Å². The smallest absolute Gasteiger partial charge is 0.206 e. The lowest BCUT2D eigenvalue weighted by atomic mass is 10.2. The Kier molecular flexibility index (Phi) is 3.95. The Balaban J connectivity index is 1.65. The van der Waals surface area contributed by atoms with Crippen LogP contribution in [0.25, 0.3) is 16.6 Å². The molecule has 2 aromatic carbocycles. The highest BCUT2D eigenvalue weighted by atomic mass is 16.5. The average Bonchev–Trinajstić information content (AvgIpc) is 3.07. The number of nitrogens with two attached hydrogens (primary N) is 1. The average molecular weight is 333 g/mol. The van der Waals surface area contributed by atoms with Gasteiger partial charge in [0.2, 0.25) is 5.95 Å². The van der Waals surface area contributed by atoms with Gasteiger partial charge in [-0.3, -0.25) is 4.40 Å². The summed E-state index contributed by atoms with van der Waals surface area (Å²) in [6, 6.07) is 16.1. The summed E-state index contributed by atoms with van der Waals surface area (Å²) in [7, 11) is 1.63. The van der Waals surface area contributed by atoms with Crippen LogP contribution in [0.4, 0.5) is 5.95 Å². The molecule has 0 aliphatic rings. The molecule has 6 nitrogen and oxygen atoms in total. The molecule has 0 aliphatic heterocycles. The minimum absolute atomic E-state index is 0.397. The molecular weight excluding hydrogens is 314 g/mol. The van der Waals surface area contributed by atoms with Gasteiger partial charge < -0.3 is 15.8 Å². The van der Waals surface area contributed by atoms with Gasteiger partial charge in [-0.15, -0.1) is 0 Å². The van der Waals surface area contributed by atoms with Gasteiger partial charge in [0, 0.05) is 24.7 Å². The van der Waals surface area contributed by atoms with Crippen LogP contribution in [0.3, 0.4) is 0 Å². The molecule has 0 aliphatic carbocycles. The molecule has 0 unspecified atom stereocenters. The molecule has 0 atom stereocenters. The summed E-state index contributed by atoms with van der Waals surface area (Å²) in [6.07, 6.45) is 1.93. The molecule has 6 heteroatoms. The molecule has 0 spiro atoms. The van der Waals surface area contributed by atoms with Crippen molar-refractivity contribution in [1.82, 2.24) is 19.7 Å². The number of methoxy groups -OCH3 is 1. The van der Waals surface area contributed by atoms with Crippen LogP contribution in [-0.4, -0.2) is 21.5 Å². The van der Waals surface area contributed by atoms with Crippen LogP contribution in [0, 0.1) is 0 Å². The van der Waals surface area contributed by atoms with Gasteiger partial charge in [0.1, 0.15) is 16.9 Å². The number of nitrogens with zero attached hydrogens (tertiary/aromatic N) is 3. The zero-order chi connectivity index (χ0) is 17.2. The maximum Gasteiger partial charge on any atom is 0.206 e. The van der Waals surface area contributed by atoms with E-state index < -0.39 is 0 Å². The number of imidazole rings is 1. The second-order valence-corrected chi connectivity index (χ2v) is 5.84. The number of fused-ring (bicyclic) bond motifs is 3. The van der Waals surface area contributed by atoms with Crippen LogP contribution >= 0.6 is 0 Å². The molecule has 0 saturated heterocycles. The Bertz CT molecular complexity index is 1030. The van der Waals surface area contributed by atoms with Crippen molar-refractivity contribution in [2.75, 3.05) is 12.8 Å². The number of anilines is 1. The van der Waals surface area contributed by atoms with E-state index >= 15 is 0 Å². The number of hydrogen-bond donors (Lipinski definition) is 2. The Hall–Kier alpha value is -3.12. The minimum atomic E-state index is 0.397. The zero-order valence-corrected chi connectivity index (χ0v) is 13.9. The molecular formula is C19H19N5O. The van der Waals surface area contributed by atoms with E-state index in [1.54, 1.807) is 7.11 Å². The Labute approximate surface area is 145 Å². The zero-order valence-electron chi connectivity index (χ0n) is 13.9. The number of benzene rings is 2.